The second-order valence-corrected chi connectivity index (χ2v) is 6.15. The highest BCUT2D eigenvalue weighted by atomic mass is 19.1. The number of pyridine rings is 1. The molecule has 3 aromatic heterocycles. The summed E-state index contributed by atoms with van der Waals surface area (Å²) in [7, 11) is 3.21. The number of rotatable bonds is 4. The molecule has 0 aliphatic heterocycles. The summed E-state index contributed by atoms with van der Waals surface area (Å²) >= 11 is 0. The van der Waals surface area contributed by atoms with E-state index in [1.165, 1.54) is 19.2 Å². The van der Waals surface area contributed by atoms with E-state index in [-0.39, 0.29) is 5.69 Å². The Labute approximate surface area is 158 Å². The van der Waals surface area contributed by atoms with E-state index in [4.69, 9.17) is 4.74 Å². The number of methoxy groups -OCH3 is 1. The van der Waals surface area contributed by atoms with Crippen molar-refractivity contribution in [2.45, 2.75) is 0 Å². The summed E-state index contributed by atoms with van der Waals surface area (Å²) in [5.41, 5.74) is 1.77. The molecule has 9 heteroatoms. The smallest absolute Gasteiger partial charge is 0.416 e. The highest BCUT2D eigenvalue weighted by Gasteiger charge is 2.18. The Morgan fingerprint density at radius 2 is 2.07 bits per heavy atom. The standard InChI is InChI=1S/C19H16FN5O3/c1-24-10-12(9-22-24)16-5-11-8-21-18(7-17(11)25(16)19(26)27)23-15-4-3-13(28-2)6-14(15)20/h3-10H,1-2H3,(H,21,23)(H,26,27). The van der Waals surface area contributed by atoms with Gasteiger partial charge in [-0.15, -0.1) is 0 Å². The van der Waals surface area contributed by atoms with Crippen molar-refractivity contribution in [1.82, 2.24) is 19.3 Å². The van der Waals surface area contributed by atoms with Crippen LogP contribution in [0.2, 0.25) is 0 Å². The van der Waals surface area contributed by atoms with E-state index in [0.717, 1.165) is 4.57 Å². The molecule has 1 aromatic carbocycles. The molecule has 3 heterocycles. The van der Waals surface area contributed by atoms with Crippen LogP contribution in [0.25, 0.3) is 22.2 Å². The monoisotopic (exact) mass is 381 g/mol. The summed E-state index contributed by atoms with van der Waals surface area (Å²) in [6.07, 6.45) is 3.72. The van der Waals surface area contributed by atoms with Gasteiger partial charge in [-0.05, 0) is 18.2 Å². The van der Waals surface area contributed by atoms with Crippen molar-refractivity contribution < 1.29 is 19.0 Å². The number of benzene rings is 1. The molecule has 0 aliphatic carbocycles. The first-order valence-electron chi connectivity index (χ1n) is 8.30. The van der Waals surface area contributed by atoms with E-state index in [1.807, 2.05) is 0 Å². The van der Waals surface area contributed by atoms with Gasteiger partial charge in [0.05, 0.1) is 30.2 Å². The van der Waals surface area contributed by atoms with E-state index in [0.29, 0.717) is 33.7 Å². The fourth-order valence-corrected chi connectivity index (χ4v) is 3.00. The van der Waals surface area contributed by atoms with Gasteiger partial charge < -0.3 is 15.2 Å². The summed E-state index contributed by atoms with van der Waals surface area (Å²) in [5.74, 6) is 0.202. The number of nitrogens with one attached hydrogen (secondary N) is 1. The number of ether oxygens (including phenoxy) is 1. The van der Waals surface area contributed by atoms with Crippen molar-refractivity contribution >= 4 is 28.5 Å². The lowest BCUT2D eigenvalue weighted by atomic mass is 10.2. The first-order chi connectivity index (χ1) is 13.5. The number of hydrogen-bond acceptors (Lipinski definition) is 5. The van der Waals surface area contributed by atoms with Gasteiger partial charge >= 0.3 is 6.09 Å². The Morgan fingerprint density at radius 3 is 2.71 bits per heavy atom. The largest absolute Gasteiger partial charge is 0.497 e. The van der Waals surface area contributed by atoms with Crippen molar-refractivity contribution in [3.05, 3.63) is 54.7 Å². The quantitative estimate of drug-likeness (QED) is 0.558. The topological polar surface area (TPSA) is 94.2 Å². The summed E-state index contributed by atoms with van der Waals surface area (Å²) in [6.45, 7) is 0. The Hall–Kier alpha value is -3.88. The minimum atomic E-state index is -1.14. The minimum absolute atomic E-state index is 0.202. The number of nitrogens with zero attached hydrogens (tertiary/aromatic N) is 4. The van der Waals surface area contributed by atoms with Gasteiger partial charge in [-0.25, -0.2) is 18.7 Å². The molecule has 0 aliphatic rings. The molecule has 2 N–H and O–H groups in total. The van der Waals surface area contributed by atoms with Crippen LogP contribution in [0.1, 0.15) is 0 Å². The first kappa shape index (κ1) is 17.5. The molecular formula is C19H16FN5O3. The van der Waals surface area contributed by atoms with Crippen LogP contribution >= 0.6 is 0 Å². The molecule has 4 aromatic rings. The zero-order chi connectivity index (χ0) is 19.8. The predicted molar refractivity (Wildman–Crippen MR) is 102 cm³/mol. The Kier molecular flexibility index (Phi) is 4.19. The Balaban J connectivity index is 1.78. The molecule has 4 rings (SSSR count). The van der Waals surface area contributed by atoms with Gasteiger partial charge in [0.2, 0.25) is 0 Å². The molecule has 0 atom stereocenters. The average molecular weight is 381 g/mol. The van der Waals surface area contributed by atoms with E-state index < -0.39 is 11.9 Å². The van der Waals surface area contributed by atoms with Crippen LogP contribution in [0.5, 0.6) is 5.75 Å². The molecule has 0 spiro atoms. The minimum Gasteiger partial charge on any atom is -0.497 e. The van der Waals surface area contributed by atoms with E-state index in [9.17, 15) is 14.3 Å². The van der Waals surface area contributed by atoms with Gasteiger partial charge in [-0.2, -0.15) is 5.10 Å². The van der Waals surface area contributed by atoms with Crippen LogP contribution in [0.3, 0.4) is 0 Å². The fraction of sp³-hybridized carbons (Fsp3) is 0.105. The third kappa shape index (κ3) is 3.02. The lowest BCUT2D eigenvalue weighted by Gasteiger charge is -2.09. The zero-order valence-corrected chi connectivity index (χ0v) is 15.0. The molecule has 0 unspecified atom stereocenters. The molecule has 0 bridgehead atoms. The van der Waals surface area contributed by atoms with Crippen LogP contribution < -0.4 is 10.1 Å². The normalized spacial score (nSPS) is 11.0. The van der Waals surface area contributed by atoms with Gasteiger partial charge in [0.15, 0.2) is 0 Å². The number of anilines is 2. The number of halogens is 1. The molecule has 142 valence electrons. The third-order valence-electron chi connectivity index (χ3n) is 4.32. The molecule has 0 saturated carbocycles. The van der Waals surface area contributed by atoms with E-state index in [1.54, 1.807) is 48.5 Å². The number of fused-ring (bicyclic) bond motifs is 1. The molecule has 0 fully saturated rings. The van der Waals surface area contributed by atoms with Crippen LogP contribution in [0.15, 0.2) is 48.9 Å². The van der Waals surface area contributed by atoms with E-state index in [2.05, 4.69) is 15.4 Å². The van der Waals surface area contributed by atoms with Crippen LogP contribution in [-0.4, -0.2) is 37.6 Å². The van der Waals surface area contributed by atoms with Crippen LogP contribution in [-0.2, 0) is 7.05 Å². The Bertz CT molecular complexity index is 1200. The molecule has 0 radical (unpaired) electrons. The van der Waals surface area contributed by atoms with Crippen LogP contribution in [0, 0.1) is 5.82 Å². The summed E-state index contributed by atoms with van der Waals surface area (Å²) in [4.78, 5) is 16.2. The molecular weight excluding hydrogens is 365 g/mol. The number of carbonyl (C=O) groups is 1. The zero-order valence-electron chi connectivity index (χ0n) is 15.0. The maximum Gasteiger partial charge on any atom is 0.416 e. The van der Waals surface area contributed by atoms with Gasteiger partial charge in [0.25, 0.3) is 0 Å². The third-order valence-corrected chi connectivity index (χ3v) is 4.32. The second-order valence-electron chi connectivity index (χ2n) is 6.15. The van der Waals surface area contributed by atoms with Gasteiger partial charge in [-0.1, -0.05) is 0 Å². The van der Waals surface area contributed by atoms with Crippen molar-refractivity contribution in [1.29, 1.82) is 0 Å². The summed E-state index contributed by atoms with van der Waals surface area (Å²) in [5, 5.41) is 17.3. The number of aryl methyl sites for hydroxylation is 1. The van der Waals surface area contributed by atoms with Crippen molar-refractivity contribution in [3.63, 3.8) is 0 Å². The number of carboxylic acid groups (broad SMARTS) is 1. The van der Waals surface area contributed by atoms with Gasteiger partial charge in [0, 0.05) is 42.5 Å². The molecule has 0 saturated heterocycles. The Morgan fingerprint density at radius 1 is 1.25 bits per heavy atom. The summed E-state index contributed by atoms with van der Waals surface area (Å²) < 4.78 is 21.9. The average Bonchev–Trinajstić information content (AvgIpc) is 3.26. The fourth-order valence-electron chi connectivity index (χ4n) is 3.00. The number of aromatic nitrogens is 4. The van der Waals surface area contributed by atoms with Crippen molar-refractivity contribution in [2.75, 3.05) is 12.4 Å². The molecule has 28 heavy (non-hydrogen) atoms. The maximum atomic E-state index is 14.2. The number of hydrogen-bond donors (Lipinski definition) is 2. The van der Waals surface area contributed by atoms with E-state index >= 15 is 0 Å². The van der Waals surface area contributed by atoms with Crippen molar-refractivity contribution in [2.24, 2.45) is 7.05 Å². The molecule has 0 amide bonds. The second kappa shape index (κ2) is 6.69. The van der Waals surface area contributed by atoms with Gasteiger partial charge in [0.1, 0.15) is 17.4 Å². The highest BCUT2D eigenvalue weighted by molar-refractivity contribution is 5.96. The molecule has 8 nitrogen and oxygen atoms in total. The van der Waals surface area contributed by atoms with Crippen LogP contribution in [0.4, 0.5) is 20.7 Å². The van der Waals surface area contributed by atoms with Gasteiger partial charge in [-0.3, -0.25) is 4.68 Å². The summed E-state index contributed by atoms with van der Waals surface area (Å²) in [6, 6.07) is 7.68. The first-order valence-corrected chi connectivity index (χ1v) is 8.30. The SMILES string of the molecule is COc1ccc(Nc2cc3c(cn2)cc(-c2cnn(C)c2)n3C(=O)O)c(F)c1. The van der Waals surface area contributed by atoms with Crippen molar-refractivity contribution in [3.8, 4) is 17.0 Å². The maximum absolute atomic E-state index is 14.2. The lowest BCUT2D eigenvalue weighted by Crippen LogP contribution is -2.09. The predicted octanol–water partition coefficient (Wildman–Crippen LogP) is 3.85. The highest BCUT2D eigenvalue weighted by Crippen LogP contribution is 2.30. The lowest BCUT2D eigenvalue weighted by molar-refractivity contribution is 0.198.